The van der Waals surface area contributed by atoms with E-state index in [1.165, 1.54) is 17.3 Å². The fourth-order valence-electron chi connectivity index (χ4n) is 2.93. The molecule has 0 aliphatic heterocycles. The van der Waals surface area contributed by atoms with E-state index in [1.807, 2.05) is 6.92 Å². The molecule has 1 fully saturated rings. The Kier molecular flexibility index (Phi) is 3.38. The molecule has 0 aromatic carbocycles. The molecule has 0 unspecified atom stereocenters. The highest BCUT2D eigenvalue weighted by molar-refractivity contribution is 7.98. The fraction of sp³-hybridized carbons (Fsp3) is 0.500. The summed E-state index contributed by atoms with van der Waals surface area (Å²) in [6, 6.07) is 2.31. The number of thioether (sulfide) groups is 1. The van der Waals surface area contributed by atoms with Crippen molar-refractivity contribution in [2.45, 2.75) is 55.7 Å². The van der Waals surface area contributed by atoms with Crippen LogP contribution < -0.4 is 0 Å². The van der Waals surface area contributed by atoms with E-state index in [2.05, 4.69) is 16.3 Å². The Labute approximate surface area is 133 Å². The average Bonchev–Trinajstić information content (AvgIpc) is 3.08. The number of fused-ring (bicyclic) bond motifs is 1. The van der Waals surface area contributed by atoms with Crippen LogP contribution in [0.4, 0.5) is 0 Å². The Morgan fingerprint density at radius 1 is 1.32 bits per heavy atom. The molecule has 6 heteroatoms. The predicted octanol–water partition coefficient (Wildman–Crippen LogP) is 3.30. The number of nitrogens with zero attached hydrogens (tertiary/aromatic N) is 4. The van der Waals surface area contributed by atoms with Gasteiger partial charge in [-0.3, -0.25) is 0 Å². The second-order valence-corrected chi connectivity index (χ2v) is 6.87. The maximum absolute atomic E-state index is 9.46. The number of nitriles is 1. The molecule has 0 bridgehead atoms. The van der Waals surface area contributed by atoms with Gasteiger partial charge in [-0.15, -0.1) is 10.2 Å². The Morgan fingerprint density at radius 2 is 2.18 bits per heavy atom. The predicted molar refractivity (Wildman–Crippen MR) is 81.5 cm³/mol. The van der Waals surface area contributed by atoms with E-state index in [9.17, 15) is 5.26 Å². The van der Waals surface area contributed by atoms with Gasteiger partial charge in [-0.2, -0.15) is 5.26 Å². The Balaban J connectivity index is 1.57. The average molecular weight is 312 g/mol. The van der Waals surface area contributed by atoms with E-state index in [-0.39, 0.29) is 0 Å². The molecule has 0 amide bonds. The number of hydrogen-bond acceptors (Lipinski definition) is 6. The number of pyridine rings is 1. The zero-order chi connectivity index (χ0) is 15.1. The van der Waals surface area contributed by atoms with Crippen molar-refractivity contribution >= 4 is 11.8 Å². The molecule has 2 aliphatic rings. The van der Waals surface area contributed by atoms with E-state index in [0.717, 1.165) is 54.3 Å². The zero-order valence-electron chi connectivity index (χ0n) is 12.4. The quantitative estimate of drug-likeness (QED) is 0.806. The fourth-order valence-corrected chi connectivity index (χ4v) is 3.83. The van der Waals surface area contributed by atoms with Gasteiger partial charge in [0, 0.05) is 11.6 Å². The molecule has 4 rings (SSSR count). The lowest BCUT2D eigenvalue weighted by atomic mass is 10.0. The van der Waals surface area contributed by atoms with Crippen LogP contribution in [-0.2, 0) is 18.6 Å². The molecule has 5 nitrogen and oxygen atoms in total. The molecule has 1 saturated carbocycles. The van der Waals surface area contributed by atoms with Gasteiger partial charge in [0.05, 0.1) is 11.3 Å². The van der Waals surface area contributed by atoms with E-state index >= 15 is 0 Å². The summed E-state index contributed by atoms with van der Waals surface area (Å²) in [6.45, 7) is 2.03. The third-order valence-electron chi connectivity index (χ3n) is 4.32. The second-order valence-electron chi connectivity index (χ2n) is 5.90. The van der Waals surface area contributed by atoms with Crippen LogP contribution in [0.15, 0.2) is 9.44 Å². The molecule has 0 radical (unpaired) electrons. The van der Waals surface area contributed by atoms with Crippen LogP contribution in [0.1, 0.15) is 59.3 Å². The van der Waals surface area contributed by atoms with Gasteiger partial charge in [0.15, 0.2) is 0 Å². The summed E-state index contributed by atoms with van der Waals surface area (Å²) in [5.41, 5.74) is 4.22. The molecule has 0 atom stereocenters. The van der Waals surface area contributed by atoms with Crippen molar-refractivity contribution < 1.29 is 4.42 Å². The maximum Gasteiger partial charge on any atom is 0.226 e. The van der Waals surface area contributed by atoms with Crippen molar-refractivity contribution in [3.05, 3.63) is 34.2 Å². The monoisotopic (exact) mass is 312 g/mol. The largest absolute Gasteiger partial charge is 0.424 e. The van der Waals surface area contributed by atoms with E-state index in [0.29, 0.717) is 23.1 Å². The molecule has 2 aromatic heterocycles. The van der Waals surface area contributed by atoms with Crippen LogP contribution in [0.25, 0.3) is 0 Å². The minimum atomic E-state index is 0.473. The number of aryl methyl sites for hydroxylation is 1. The summed E-state index contributed by atoms with van der Waals surface area (Å²) >= 11 is 1.52. The molecule has 0 spiro atoms. The van der Waals surface area contributed by atoms with Gasteiger partial charge in [0.25, 0.3) is 0 Å². The zero-order valence-corrected chi connectivity index (χ0v) is 13.2. The molecular formula is C16H16N4OS. The minimum Gasteiger partial charge on any atom is -0.424 e. The summed E-state index contributed by atoms with van der Waals surface area (Å²) in [4.78, 5) is 4.70. The summed E-state index contributed by atoms with van der Waals surface area (Å²) in [7, 11) is 0. The molecule has 2 aromatic rings. The lowest BCUT2D eigenvalue weighted by Crippen LogP contribution is -2.00. The molecule has 2 heterocycles. The minimum absolute atomic E-state index is 0.473. The number of aromatic nitrogens is 3. The highest BCUT2D eigenvalue weighted by atomic mass is 32.2. The van der Waals surface area contributed by atoms with Gasteiger partial charge < -0.3 is 4.42 Å². The highest BCUT2D eigenvalue weighted by Gasteiger charge is 2.29. The van der Waals surface area contributed by atoms with Crippen LogP contribution in [-0.4, -0.2) is 15.2 Å². The summed E-state index contributed by atoms with van der Waals surface area (Å²) in [6.07, 6.45) is 5.50. The van der Waals surface area contributed by atoms with Gasteiger partial charge in [-0.05, 0) is 50.2 Å². The van der Waals surface area contributed by atoms with Crippen LogP contribution in [0.2, 0.25) is 0 Å². The number of rotatable bonds is 4. The first kappa shape index (κ1) is 13.8. The first-order valence-corrected chi connectivity index (χ1v) is 8.62. The van der Waals surface area contributed by atoms with E-state index in [1.54, 1.807) is 0 Å². The van der Waals surface area contributed by atoms with Crippen LogP contribution in [0.5, 0.6) is 0 Å². The van der Waals surface area contributed by atoms with Crippen molar-refractivity contribution in [3.63, 3.8) is 0 Å². The van der Waals surface area contributed by atoms with Crippen molar-refractivity contribution in [2.75, 3.05) is 0 Å². The van der Waals surface area contributed by atoms with Crippen molar-refractivity contribution in [1.29, 1.82) is 5.26 Å². The normalized spacial score (nSPS) is 16.5. The van der Waals surface area contributed by atoms with Crippen LogP contribution >= 0.6 is 11.8 Å². The molecule has 0 saturated heterocycles. The van der Waals surface area contributed by atoms with Crippen LogP contribution in [0, 0.1) is 18.3 Å². The van der Waals surface area contributed by atoms with E-state index < -0.39 is 0 Å². The Morgan fingerprint density at radius 3 is 2.95 bits per heavy atom. The molecule has 0 N–H and O–H groups in total. The molecular weight excluding hydrogens is 296 g/mol. The standard InChI is InChI=1S/C16H16N4OS/c1-9-11-3-2-4-13(11)18-16(12(9)7-17)22-8-14-19-20-15(21-14)10-5-6-10/h10H,2-6,8H2,1H3. The smallest absolute Gasteiger partial charge is 0.226 e. The maximum atomic E-state index is 9.46. The summed E-state index contributed by atoms with van der Waals surface area (Å²) < 4.78 is 5.67. The van der Waals surface area contributed by atoms with Gasteiger partial charge in [-0.1, -0.05) is 11.8 Å². The third kappa shape index (κ3) is 2.40. The molecule has 2 aliphatic carbocycles. The number of hydrogen-bond donors (Lipinski definition) is 0. The van der Waals surface area contributed by atoms with Gasteiger partial charge >= 0.3 is 0 Å². The molecule has 112 valence electrons. The Bertz CT molecular complexity index is 773. The first-order chi connectivity index (χ1) is 10.8. The van der Waals surface area contributed by atoms with Gasteiger partial charge in [0.1, 0.15) is 11.1 Å². The summed E-state index contributed by atoms with van der Waals surface area (Å²) in [5.74, 6) is 2.42. The van der Waals surface area contributed by atoms with Crippen LogP contribution in [0.3, 0.4) is 0 Å². The van der Waals surface area contributed by atoms with Crippen molar-refractivity contribution in [1.82, 2.24) is 15.2 Å². The highest BCUT2D eigenvalue weighted by Crippen LogP contribution is 2.39. The van der Waals surface area contributed by atoms with E-state index in [4.69, 9.17) is 9.40 Å². The Hall–Kier alpha value is -1.87. The second kappa shape index (κ2) is 5.40. The topological polar surface area (TPSA) is 75.6 Å². The molecule has 22 heavy (non-hydrogen) atoms. The van der Waals surface area contributed by atoms with Crippen molar-refractivity contribution in [2.24, 2.45) is 0 Å². The third-order valence-corrected chi connectivity index (χ3v) is 5.28. The SMILES string of the molecule is Cc1c(C#N)c(SCc2nnc(C3CC3)o2)nc2c1CCC2. The van der Waals surface area contributed by atoms with Gasteiger partial charge in [0.2, 0.25) is 11.8 Å². The lowest BCUT2D eigenvalue weighted by molar-refractivity contribution is 0.466. The lowest BCUT2D eigenvalue weighted by Gasteiger charge is -2.10. The first-order valence-electron chi connectivity index (χ1n) is 7.63. The van der Waals surface area contributed by atoms with Gasteiger partial charge in [-0.25, -0.2) is 4.98 Å². The summed E-state index contributed by atoms with van der Waals surface area (Å²) in [5, 5.41) is 18.4. The van der Waals surface area contributed by atoms with Crippen molar-refractivity contribution in [3.8, 4) is 6.07 Å².